The molecule has 2 N–H and O–H groups in total. The number of nitrogens with one attached hydrogen (secondary N) is 2. The summed E-state index contributed by atoms with van der Waals surface area (Å²) in [4.78, 5) is 5.36. The van der Waals surface area contributed by atoms with Gasteiger partial charge in [-0.05, 0) is 39.7 Å². The van der Waals surface area contributed by atoms with Gasteiger partial charge in [-0.15, -0.1) is 0 Å². The molecule has 1 heterocycles. The van der Waals surface area contributed by atoms with Crippen LogP contribution >= 0.6 is 0 Å². The normalized spacial score (nSPS) is 12.7. The van der Waals surface area contributed by atoms with E-state index in [-0.39, 0.29) is 6.04 Å². The van der Waals surface area contributed by atoms with E-state index in [1.807, 2.05) is 30.5 Å². The first-order valence-corrected chi connectivity index (χ1v) is 6.56. The average molecular weight is 256 g/mol. The van der Waals surface area contributed by atoms with Gasteiger partial charge in [-0.1, -0.05) is 18.2 Å². The molecular weight excluding hydrogens is 236 g/mol. The monoisotopic (exact) mass is 256 g/mol. The second kappa shape index (κ2) is 6.37. The number of fused-ring (bicyclic) bond motifs is 1. The van der Waals surface area contributed by atoms with Crippen LogP contribution in [0.15, 0.2) is 30.5 Å². The van der Waals surface area contributed by atoms with Crippen LogP contribution in [0.2, 0.25) is 0 Å². The molecule has 0 spiro atoms. The van der Waals surface area contributed by atoms with Crippen LogP contribution in [0.3, 0.4) is 0 Å². The molecule has 0 aliphatic heterocycles. The topological polar surface area (TPSA) is 54.9 Å². The second-order valence-corrected chi connectivity index (χ2v) is 4.96. The highest BCUT2D eigenvalue weighted by molar-refractivity contribution is 5.83. The first-order valence-electron chi connectivity index (χ1n) is 6.56. The van der Waals surface area contributed by atoms with Crippen molar-refractivity contribution in [2.75, 3.05) is 27.2 Å². The van der Waals surface area contributed by atoms with E-state index < -0.39 is 0 Å². The maximum atomic E-state index is 9.33. The minimum atomic E-state index is -0.252. The van der Waals surface area contributed by atoms with Gasteiger partial charge in [-0.25, -0.2) is 0 Å². The molecule has 0 radical (unpaired) electrons. The third kappa shape index (κ3) is 3.34. The van der Waals surface area contributed by atoms with Crippen LogP contribution in [0, 0.1) is 11.3 Å². The Bertz CT molecular complexity index is 565. The van der Waals surface area contributed by atoms with Crippen molar-refractivity contribution >= 4 is 10.9 Å². The number of benzene rings is 1. The van der Waals surface area contributed by atoms with E-state index in [0.29, 0.717) is 0 Å². The van der Waals surface area contributed by atoms with Crippen LogP contribution in [0.4, 0.5) is 0 Å². The zero-order valence-corrected chi connectivity index (χ0v) is 11.5. The lowest BCUT2D eigenvalue weighted by Gasteiger charge is -2.13. The molecule has 1 aromatic heterocycles. The Morgan fingerprint density at radius 3 is 2.89 bits per heavy atom. The summed E-state index contributed by atoms with van der Waals surface area (Å²) in [7, 11) is 4.11. The van der Waals surface area contributed by atoms with Gasteiger partial charge in [0.15, 0.2) is 0 Å². The molecule has 0 bridgehead atoms. The summed E-state index contributed by atoms with van der Waals surface area (Å²) in [6, 6.07) is 10.2. The number of hydrogen-bond donors (Lipinski definition) is 2. The van der Waals surface area contributed by atoms with E-state index >= 15 is 0 Å². The Labute approximate surface area is 114 Å². The van der Waals surface area contributed by atoms with Crippen LogP contribution < -0.4 is 5.32 Å². The Morgan fingerprint density at radius 2 is 2.16 bits per heavy atom. The fraction of sp³-hybridized carbons (Fsp3) is 0.400. The fourth-order valence-corrected chi connectivity index (χ4v) is 2.20. The Balaban J connectivity index is 2.04. The molecule has 0 aliphatic rings. The molecule has 0 amide bonds. The van der Waals surface area contributed by atoms with E-state index in [9.17, 15) is 5.26 Å². The molecule has 4 nitrogen and oxygen atoms in total. The summed E-state index contributed by atoms with van der Waals surface area (Å²) in [6.45, 7) is 1.87. The minimum Gasteiger partial charge on any atom is -0.361 e. The van der Waals surface area contributed by atoms with Crippen molar-refractivity contribution in [2.45, 2.75) is 12.5 Å². The Kier molecular flexibility index (Phi) is 4.56. The van der Waals surface area contributed by atoms with E-state index in [4.69, 9.17) is 0 Å². The lowest BCUT2D eigenvalue weighted by atomic mass is 10.1. The number of H-pyrrole nitrogens is 1. The van der Waals surface area contributed by atoms with Crippen molar-refractivity contribution in [1.29, 1.82) is 5.26 Å². The van der Waals surface area contributed by atoms with Gasteiger partial charge >= 0.3 is 0 Å². The molecule has 19 heavy (non-hydrogen) atoms. The van der Waals surface area contributed by atoms with Gasteiger partial charge in [0.25, 0.3) is 0 Å². The first-order chi connectivity index (χ1) is 9.22. The molecule has 2 aromatic rings. The second-order valence-electron chi connectivity index (χ2n) is 4.96. The van der Waals surface area contributed by atoms with Gasteiger partial charge in [-0.3, -0.25) is 5.32 Å². The number of hydrogen-bond acceptors (Lipinski definition) is 3. The van der Waals surface area contributed by atoms with E-state index in [1.165, 1.54) is 0 Å². The molecule has 0 saturated heterocycles. The SMILES string of the molecule is CN(C)CCCNC(C#N)c1c[nH]c2ccccc12. The molecular formula is C15H20N4. The minimum absolute atomic E-state index is 0.252. The molecule has 1 atom stereocenters. The smallest absolute Gasteiger partial charge is 0.123 e. The maximum absolute atomic E-state index is 9.33. The van der Waals surface area contributed by atoms with E-state index in [1.54, 1.807) is 0 Å². The number of rotatable bonds is 6. The predicted molar refractivity (Wildman–Crippen MR) is 77.8 cm³/mol. The highest BCUT2D eigenvalue weighted by Gasteiger charge is 2.13. The van der Waals surface area contributed by atoms with Gasteiger partial charge in [0.05, 0.1) is 6.07 Å². The van der Waals surface area contributed by atoms with Gasteiger partial charge in [-0.2, -0.15) is 5.26 Å². The number of aromatic amines is 1. The maximum Gasteiger partial charge on any atom is 0.123 e. The molecule has 1 unspecified atom stereocenters. The van der Waals surface area contributed by atoms with Crippen molar-refractivity contribution in [2.24, 2.45) is 0 Å². The average Bonchev–Trinajstić information content (AvgIpc) is 2.83. The van der Waals surface area contributed by atoms with E-state index in [2.05, 4.69) is 35.4 Å². The van der Waals surface area contributed by atoms with E-state index in [0.717, 1.165) is 36.0 Å². The van der Waals surface area contributed by atoms with Crippen molar-refractivity contribution in [1.82, 2.24) is 15.2 Å². The number of nitriles is 1. The summed E-state index contributed by atoms with van der Waals surface area (Å²) in [5.74, 6) is 0. The number of para-hydroxylation sites is 1. The first kappa shape index (κ1) is 13.6. The highest BCUT2D eigenvalue weighted by atomic mass is 15.1. The van der Waals surface area contributed by atoms with Crippen molar-refractivity contribution < 1.29 is 0 Å². The number of aromatic nitrogens is 1. The third-order valence-corrected chi connectivity index (χ3v) is 3.19. The molecule has 0 aliphatic carbocycles. The van der Waals surface area contributed by atoms with Crippen LogP contribution in [0.5, 0.6) is 0 Å². The molecule has 0 saturated carbocycles. The third-order valence-electron chi connectivity index (χ3n) is 3.19. The number of nitrogens with zero attached hydrogens (tertiary/aromatic N) is 2. The lowest BCUT2D eigenvalue weighted by Crippen LogP contribution is -2.24. The zero-order chi connectivity index (χ0) is 13.7. The fourth-order valence-electron chi connectivity index (χ4n) is 2.20. The van der Waals surface area contributed by atoms with Gasteiger partial charge in [0.2, 0.25) is 0 Å². The summed E-state index contributed by atoms with van der Waals surface area (Å²) >= 11 is 0. The van der Waals surface area contributed by atoms with Crippen LogP contribution in [0.1, 0.15) is 18.0 Å². The van der Waals surface area contributed by atoms with Crippen LogP contribution in [-0.4, -0.2) is 37.1 Å². The molecule has 2 rings (SSSR count). The summed E-state index contributed by atoms with van der Waals surface area (Å²) in [6.07, 6.45) is 2.96. The van der Waals surface area contributed by atoms with Crippen molar-refractivity contribution in [3.8, 4) is 6.07 Å². The standard InChI is InChI=1S/C15H20N4/c1-19(2)9-5-8-17-15(10-16)13-11-18-14-7-4-3-6-12(13)14/h3-4,6-7,11,15,17-18H,5,8-9H2,1-2H3. The Morgan fingerprint density at radius 1 is 1.37 bits per heavy atom. The predicted octanol–water partition coefficient (Wildman–Crippen LogP) is 2.27. The quantitative estimate of drug-likeness (QED) is 0.780. The molecule has 1 aromatic carbocycles. The largest absolute Gasteiger partial charge is 0.361 e. The Hall–Kier alpha value is -1.83. The zero-order valence-electron chi connectivity index (χ0n) is 11.5. The lowest BCUT2D eigenvalue weighted by molar-refractivity contribution is 0.392. The summed E-state index contributed by atoms with van der Waals surface area (Å²) in [5.41, 5.74) is 2.11. The molecule has 100 valence electrons. The van der Waals surface area contributed by atoms with Crippen LogP contribution in [0.25, 0.3) is 10.9 Å². The molecule has 4 heteroatoms. The summed E-state index contributed by atoms with van der Waals surface area (Å²) < 4.78 is 0. The molecule has 0 fully saturated rings. The highest BCUT2D eigenvalue weighted by Crippen LogP contribution is 2.23. The van der Waals surface area contributed by atoms with Gasteiger partial charge in [0, 0.05) is 22.7 Å². The summed E-state index contributed by atoms with van der Waals surface area (Å²) in [5, 5.41) is 13.8. The van der Waals surface area contributed by atoms with Gasteiger partial charge in [0.1, 0.15) is 6.04 Å². The van der Waals surface area contributed by atoms with Crippen molar-refractivity contribution in [3.05, 3.63) is 36.0 Å². The van der Waals surface area contributed by atoms with Gasteiger partial charge < -0.3 is 9.88 Å². The van der Waals surface area contributed by atoms with Crippen LogP contribution in [-0.2, 0) is 0 Å². The van der Waals surface area contributed by atoms with Crippen molar-refractivity contribution in [3.63, 3.8) is 0 Å².